The molecule has 2 aromatic heterocycles. The van der Waals surface area contributed by atoms with E-state index < -0.39 is 0 Å². The molecule has 3 heterocycles. The Morgan fingerprint density at radius 3 is 2.62 bits per heavy atom. The van der Waals surface area contributed by atoms with Crippen molar-refractivity contribution in [2.24, 2.45) is 0 Å². The minimum absolute atomic E-state index is 0.0820. The van der Waals surface area contributed by atoms with Gasteiger partial charge in [-0.05, 0) is 86.6 Å². The van der Waals surface area contributed by atoms with Crippen LogP contribution in [-0.4, -0.2) is 37.1 Å². The number of rotatable bonds is 7. The van der Waals surface area contributed by atoms with Gasteiger partial charge in [0.25, 0.3) is 0 Å². The van der Waals surface area contributed by atoms with Crippen molar-refractivity contribution in [1.29, 1.82) is 0 Å². The second-order valence-corrected chi connectivity index (χ2v) is 10.6. The number of aromatic hydroxyl groups is 1. The van der Waals surface area contributed by atoms with Gasteiger partial charge in [0.2, 0.25) is 5.91 Å². The summed E-state index contributed by atoms with van der Waals surface area (Å²) < 4.78 is 2.00. The summed E-state index contributed by atoms with van der Waals surface area (Å²) in [4.78, 5) is 19.6. The number of nitrogens with one attached hydrogen (secondary N) is 2. The number of pyridine rings is 1. The smallest absolute Gasteiger partial charge is 0.226 e. The summed E-state index contributed by atoms with van der Waals surface area (Å²) in [5.41, 5.74) is 6.18. The molecular weight excluding hydrogens is 530 g/mol. The molecule has 1 saturated heterocycles. The van der Waals surface area contributed by atoms with Crippen LogP contribution in [0.25, 0.3) is 5.69 Å². The van der Waals surface area contributed by atoms with Crippen LogP contribution in [0.15, 0.2) is 72.9 Å². The van der Waals surface area contributed by atoms with Crippen molar-refractivity contribution < 1.29 is 9.90 Å². The lowest BCUT2D eigenvalue weighted by atomic mass is 9.96. The topological polar surface area (TPSA) is 82.4 Å². The molecular formula is C30H30ClN5O2S. The fourth-order valence-corrected chi connectivity index (χ4v) is 5.76. The lowest BCUT2D eigenvalue weighted by Gasteiger charge is -2.28. The van der Waals surface area contributed by atoms with E-state index in [1.54, 1.807) is 24.4 Å². The summed E-state index contributed by atoms with van der Waals surface area (Å²) in [6.07, 6.45) is 2.03. The van der Waals surface area contributed by atoms with Crippen molar-refractivity contribution in [2.45, 2.75) is 39.3 Å². The lowest BCUT2D eigenvalue weighted by Crippen LogP contribution is -2.33. The summed E-state index contributed by atoms with van der Waals surface area (Å²) in [7, 11) is 0. The van der Waals surface area contributed by atoms with Crippen molar-refractivity contribution in [3.63, 3.8) is 0 Å². The van der Waals surface area contributed by atoms with E-state index in [9.17, 15) is 9.90 Å². The van der Waals surface area contributed by atoms with Gasteiger partial charge >= 0.3 is 0 Å². The molecule has 2 aromatic carbocycles. The van der Waals surface area contributed by atoms with Crippen LogP contribution < -0.4 is 10.6 Å². The average Bonchev–Trinajstić information content (AvgIpc) is 3.40. The number of para-hydroxylation sites is 1. The molecule has 0 spiro atoms. The predicted molar refractivity (Wildman–Crippen MR) is 159 cm³/mol. The van der Waals surface area contributed by atoms with E-state index in [2.05, 4.69) is 26.6 Å². The van der Waals surface area contributed by atoms with Gasteiger partial charge in [-0.3, -0.25) is 9.78 Å². The maximum Gasteiger partial charge on any atom is 0.226 e. The number of phenolic OH excluding ortho intramolecular Hbond substituents is 1. The fraction of sp³-hybridized carbons (Fsp3) is 0.233. The molecule has 200 valence electrons. The maximum absolute atomic E-state index is 12.9. The Labute approximate surface area is 238 Å². The number of anilines is 1. The van der Waals surface area contributed by atoms with Gasteiger partial charge in [0, 0.05) is 41.3 Å². The summed E-state index contributed by atoms with van der Waals surface area (Å²) >= 11 is 12.1. The average molecular weight is 560 g/mol. The molecule has 0 radical (unpaired) electrons. The van der Waals surface area contributed by atoms with E-state index in [4.69, 9.17) is 23.8 Å². The van der Waals surface area contributed by atoms with Gasteiger partial charge < -0.3 is 25.2 Å². The number of aromatic nitrogens is 2. The molecule has 2 atom stereocenters. The second kappa shape index (κ2) is 11.1. The molecule has 1 amide bonds. The highest BCUT2D eigenvalue weighted by atomic mass is 35.5. The van der Waals surface area contributed by atoms with Crippen LogP contribution in [-0.2, 0) is 4.79 Å². The zero-order valence-electron chi connectivity index (χ0n) is 22.0. The number of phenols is 1. The Kier molecular flexibility index (Phi) is 7.59. The Balaban J connectivity index is 1.50. The van der Waals surface area contributed by atoms with Crippen molar-refractivity contribution in [1.82, 2.24) is 19.8 Å². The van der Waals surface area contributed by atoms with E-state index in [1.165, 1.54) is 0 Å². The summed E-state index contributed by atoms with van der Waals surface area (Å²) in [6.45, 7) is 6.40. The number of benzene rings is 2. The number of aryl methyl sites for hydroxylation is 2. The largest absolute Gasteiger partial charge is 0.506 e. The van der Waals surface area contributed by atoms with Crippen LogP contribution in [0, 0.1) is 20.8 Å². The summed E-state index contributed by atoms with van der Waals surface area (Å²) in [5, 5.41) is 18.2. The first-order chi connectivity index (χ1) is 18.7. The van der Waals surface area contributed by atoms with E-state index in [1.807, 2.05) is 67.8 Å². The molecule has 4 aromatic rings. The molecule has 9 heteroatoms. The second-order valence-electron chi connectivity index (χ2n) is 9.73. The van der Waals surface area contributed by atoms with Gasteiger partial charge in [0.05, 0.1) is 23.5 Å². The van der Waals surface area contributed by atoms with Crippen LogP contribution >= 0.6 is 23.8 Å². The van der Waals surface area contributed by atoms with E-state index in [-0.39, 0.29) is 30.2 Å². The number of carbonyl (C=O) groups excluding carboxylic acids is 1. The number of thiocarbonyl (C=S) groups is 1. The number of nitrogens with zero attached hydrogens (tertiary/aromatic N) is 3. The zero-order valence-corrected chi connectivity index (χ0v) is 23.6. The third-order valence-corrected chi connectivity index (χ3v) is 7.75. The van der Waals surface area contributed by atoms with Gasteiger partial charge in [-0.25, -0.2) is 0 Å². The highest BCUT2D eigenvalue weighted by Crippen LogP contribution is 2.42. The highest BCUT2D eigenvalue weighted by molar-refractivity contribution is 7.80. The number of halogens is 1. The third-order valence-electron chi connectivity index (χ3n) is 7.16. The van der Waals surface area contributed by atoms with Crippen molar-refractivity contribution >= 4 is 40.5 Å². The molecule has 0 aliphatic carbocycles. The van der Waals surface area contributed by atoms with Crippen LogP contribution in [0.1, 0.15) is 46.7 Å². The maximum atomic E-state index is 12.9. The minimum Gasteiger partial charge on any atom is -0.506 e. The molecule has 39 heavy (non-hydrogen) atoms. The standard InChI is InChI=1S/C30H30ClN5O2S/c1-18-8-4-5-9-23(18)33-27(38)13-15-35-29(28(34-30(35)39)24-10-6-7-14-32-24)22-16-19(2)36(20(22)3)25-17-21(31)11-12-26(25)37/h4-12,14,16-17,28-29,37H,13,15H2,1-3H3,(H,33,38)(H,34,39)/t28-,29-/m1/s1. The van der Waals surface area contributed by atoms with Crippen LogP contribution in [0.2, 0.25) is 5.02 Å². The molecule has 7 nitrogen and oxygen atoms in total. The molecule has 1 fully saturated rings. The molecule has 0 bridgehead atoms. The van der Waals surface area contributed by atoms with Gasteiger partial charge in [-0.2, -0.15) is 0 Å². The molecule has 3 N–H and O–H groups in total. The minimum atomic E-state index is -0.222. The van der Waals surface area contributed by atoms with E-state index in [0.29, 0.717) is 22.4 Å². The van der Waals surface area contributed by atoms with Crippen LogP contribution in [0.3, 0.4) is 0 Å². The fourth-order valence-electron chi connectivity index (χ4n) is 5.27. The number of hydrogen-bond donors (Lipinski definition) is 3. The molecule has 0 saturated carbocycles. The zero-order chi connectivity index (χ0) is 27.7. The first kappa shape index (κ1) is 26.7. The number of amides is 1. The number of hydrogen-bond acceptors (Lipinski definition) is 4. The summed E-state index contributed by atoms with van der Waals surface area (Å²) in [5.74, 6) is 0.0558. The first-order valence-corrected chi connectivity index (χ1v) is 13.5. The van der Waals surface area contributed by atoms with Gasteiger partial charge in [-0.1, -0.05) is 35.9 Å². The normalized spacial score (nSPS) is 16.8. The monoisotopic (exact) mass is 559 g/mol. The van der Waals surface area contributed by atoms with Gasteiger partial charge in [0.1, 0.15) is 5.75 Å². The first-order valence-electron chi connectivity index (χ1n) is 12.8. The number of carbonyl (C=O) groups is 1. The Bertz CT molecular complexity index is 1540. The van der Waals surface area contributed by atoms with Crippen molar-refractivity contribution in [2.75, 3.05) is 11.9 Å². The van der Waals surface area contributed by atoms with Gasteiger partial charge in [0.15, 0.2) is 5.11 Å². The molecule has 1 aliphatic rings. The Hall–Kier alpha value is -3.88. The Morgan fingerprint density at radius 1 is 1.10 bits per heavy atom. The predicted octanol–water partition coefficient (Wildman–Crippen LogP) is 6.16. The van der Waals surface area contributed by atoms with E-state index in [0.717, 1.165) is 33.9 Å². The van der Waals surface area contributed by atoms with Crippen LogP contribution in [0.4, 0.5) is 5.69 Å². The quantitative estimate of drug-likeness (QED) is 0.235. The highest BCUT2D eigenvalue weighted by Gasteiger charge is 2.41. The van der Waals surface area contributed by atoms with Gasteiger partial charge in [-0.15, -0.1) is 0 Å². The van der Waals surface area contributed by atoms with Crippen LogP contribution in [0.5, 0.6) is 5.75 Å². The Morgan fingerprint density at radius 2 is 1.87 bits per heavy atom. The molecule has 0 unspecified atom stereocenters. The summed E-state index contributed by atoms with van der Waals surface area (Å²) in [6, 6.07) is 20.2. The SMILES string of the molecule is Cc1ccccc1NC(=O)CCN1C(=S)N[C@H](c2ccccn2)[C@H]1c1cc(C)n(-c2cc(Cl)ccc2O)c1C. The van der Waals surface area contributed by atoms with Crippen molar-refractivity contribution in [3.05, 3.63) is 106 Å². The van der Waals surface area contributed by atoms with E-state index >= 15 is 0 Å². The van der Waals surface area contributed by atoms with Crippen molar-refractivity contribution in [3.8, 4) is 11.4 Å². The molecule has 1 aliphatic heterocycles. The lowest BCUT2D eigenvalue weighted by molar-refractivity contribution is -0.116. The molecule has 5 rings (SSSR count). The third kappa shape index (κ3) is 5.35.